The zero-order valence-corrected chi connectivity index (χ0v) is 16.5. The Balaban J connectivity index is 1.79. The number of ether oxygens (including phenoxy) is 1. The predicted molar refractivity (Wildman–Crippen MR) is 108 cm³/mol. The van der Waals surface area contributed by atoms with E-state index in [0.29, 0.717) is 11.5 Å². The molecule has 1 saturated carbocycles. The maximum absolute atomic E-state index is 12.7. The minimum atomic E-state index is -0.537. The molecule has 0 unspecified atom stereocenters. The Bertz CT molecular complexity index is 816. The Morgan fingerprint density at radius 2 is 1.96 bits per heavy atom. The number of halogens is 1. The Morgan fingerprint density at radius 3 is 2.52 bits per heavy atom. The number of carbonyl (C=O) groups excluding carboxylic acids is 1. The van der Waals surface area contributed by atoms with E-state index >= 15 is 0 Å². The maximum atomic E-state index is 12.7. The fourth-order valence-corrected chi connectivity index (χ4v) is 2.87. The fraction of sp³-hybridized carbons (Fsp3) is 0.421. The molecule has 0 saturated heterocycles. The van der Waals surface area contributed by atoms with E-state index in [0.717, 1.165) is 30.6 Å². The summed E-state index contributed by atoms with van der Waals surface area (Å²) in [6.45, 7) is 5.61. The third kappa shape index (κ3) is 4.80. The first kappa shape index (κ1) is 19.2. The van der Waals surface area contributed by atoms with Crippen molar-refractivity contribution in [2.24, 2.45) is 0 Å². The summed E-state index contributed by atoms with van der Waals surface area (Å²) in [7, 11) is 0. The lowest BCUT2D eigenvalue weighted by molar-refractivity contribution is 0.0549. The first-order chi connectivity index (χ1) is 12.7. The van der Waals surface area contributed by atoms with Gasteiger partial charge in [0.05, 0.1) is 11.9 Å². The second-order valence-corrected chi connectivity index (χ2v) is 7.89. The van der Waals surface area contributed by atoms with E-state index in [1.54, 1.807) is 4.90 Å². The first-order valence-electron chi connectivity index (χ1n) is 8.90. The molecule has 0 bridgehead atoms. The third-order valence-electron chi connectivity index (χ3n) is 4.23. The number of nitrogens with zero attached hydrogens (tertiary/aromatic N) is 3. The second-order valence-electron chi connectivity index (χ2n) is 7.55. The summed E-state index contributed by atoms with van der Waals surface area (Å²) in [4.78, 5) is 22.3. The van der Waals surface area contributed by atoms with Crippen LogP contribution in [-0.2, 0) is 4.74 Å². The topological polar surface area (TPSA) is 93.4 Å². The van der Waals surface area contributed by atoms with Gasteiger partial charge in [-0.05, 0) is 75.9 Å². The molecule has 1 aliphatic carbocycles. The van der Waals surface area contributed by atoms with E-state index in [2.05, 4.69) is 15.3 Å². The summed E-state index contributed by atoms with van der Waals surface area (Å²) < 4.78 is 5.59. The number of nitrogens with two attached hydrogens (primary N) is 1. The van der Waals surface area contributed by atoms with Crippen LogP contribution in [0.5, 0.6) is 0 Å². The molecule has 7 nitrogen and oxygen atoms in total. The van der Waals surface area contributed by atoms with Crippen LogP contribution in [0.1, 0.15) is 40.0 Å². The van der Waals surface area contributed by atoms with E-state index in [9.17, 15) is 4.79 Å². The lowest BCUT2D eigenvalue weighted by atomic mass is 9.91. The summed E-state index contributed by atoms with van der Waals surface area (Å²) in [5.74, 6) is 0.436. The molecule has 0 aliphatic heterocycles. The molecule has 27 heavy (non-hydrogen) atoms. The van der Waals surface area contributed by atoms with E-state index in [4.69, 9.17) is 22.1 Å². The average molecular weight is 390 g/mol. The highest BCUT2D eigenvalue weighted by atomic mass is 35.5. The number of benzene rings is 1. The van der Waals surface area contributed by atoms with Gasteiger partial charge in [-0.3, -0.25) is 4.90 Å². The van der Waals surface area contributed by atoms with Crippen LogP contribution in [0.25, 0.3) is 0 Å². The Labute approximate surface area is 163 Å². The number of anilines is 4. The molecule has 8 heteroatoms. The Morgan fingerprint density at radius 1 is 1.30 bits per heavy atom. The van der Waals surface area contributed by atoms with Crippen molar-refractivity contribution in [3.05, 3.63) is 35.7 Å². The molecule has 1 fully saturated rings. The van der Waals surface area contributed by atoms with Crippen LogP contribution in [0, 0.1) is 0 Å². The molecule has 144 valence electrons. The van der Waals surface area contributed by atoms with E-state index in [-0.39, 0.29) is 17.4 Å². The van der Waals surface area contributed by atoms with Gasteiger partial charge < -0.3 is 15.8 Å². The molecule has 3 rings (SSSR count). The summed E-state index contributed by atoms with van der Waals surface area (Å²) in [6, 6.07) is 7.66. The maximum Gasteiger partial charge on any atom is 0.415 e. The standard InChI is InChI=1S/C19H24ClN5O2/c1-19(2,3)27-18(26)25(13-5-4-6-13)14-9-7-12(8-10-14)23-16-15(21)11-22-17(20)24-16/h7-11,13H,4-6,21H2,1-3H3,(H,22,23,24). The summed E-state index contributed by atoms with van der Waals surface area (Å²) in [5.41, 5.74) is 7.30. The van der Waals surface area contributed by atoms with Gasteiger partial charge in [0.2, 0.25) is 5.28 Å². The van der Waals surface area contributed by atoms with E-state index in [1.165, 1.54) is 6.20 Å². The monoisotopic (exact) mass is 389 g/mol. The van der Waals surface area contributed by atoms with Crippen molar-refractivity contribution in [2.45, 2.75) is 51.7 Å². The van der Waals surface area contributed by atoms with Crippen LogP contribution >= 0.6 is 11.6 Å². The quantitative estimate of drug-likeness (QED) is 0.733. The van der Waals surface area contributed by atoms with Crippen molar-refractivity contribution in [1.82, 2.24) is 9.97 Å². The van der Waals surface area contributed by atoms with Gasteiger partial charge in [-0.1, -0.05) is 0 Å². The first-order valence-corrected chi connectivity index (χ1v) is 9.28. The molecule has 0 radical (unpaired) electrons. The van der Waals surface area contributed by atoms with Crippen LogP contribution in [0.3, 0.4) is 0 Å². The molecule has 1 aromatic carbocycles. The number of hydrogen-bond acceptors (Lipinski definition) is 6. The Hall–Kier alpha value is -2.54. The van der Waals surface area contributed by atoms with Gasteiger partial charge in [-0.2, -0.15) is 4.98 Å². The number of carbonyl (C=O) groups is 1. The minimum Gasteiger partial charge on any atom is -0.443 e. The normalized spacial score (nSPS) is 14.4. The van der Waals surface area contributed by atoms with Crippen molar-refractivity contribution in [2.75, 3.05) is 16.0 Å². The molecule has 1 aliphatic rings. The molecular formula is C19H24ClN5O2. The second kappa shape index (κ2) is 7.60. The van der Waals surface area contributed by atoms with Gasteiger partial charge in [0, 0.05) is 17.4 Å². The van der Waals surface area contributed by atoms with Crippen LogP contribution < -0.4 is 16.0 Å². The Kier molecular flexibility index (Phi) is 5.41. The number of aromatic nitrogens is 2. The highest BCUT2D eigenvalue weighted by Gasteiger charge is 2.33. The van der Waals surface area contributed by atoms with Gasteiger partial charge >= 0.3 is 6.09 Å². The smallest absolute Gasteiger partial charge is 0.415 e. The zero-order valence-electron chi connectivity index (χ0n) is 15.7. The fourth-order valence-electron chi connectivity index (χ4n) is 2.73. The molecule has 1 heterocycles. The molecule has 1 amide bonds. The highest BCUT2D eigenvalue weighted by molar-refractivity contribution is 6.28. The van der Waals surface area contributed by atoms with Gasteiger partial charge in [-0.15, -0.1) is 0 Å². The van der Waals surface area contributed by atoms with Crippen molar-refractivity contribution >= 4 is 40.6 Å². The van der Waals surface area contributed by atoms with Crippen molar-refractivity contribution in [3.63, 3.8) is 0 Å². The molecule has 0 atom stereocenters. The molecule has 2 aromatic rings. The van der Waals surface area contributed by atoms with Gasteiger partial charge in [0.15, 0.2) is 5.82 Å². The molecule has 0 spiro atoms. The third-order valence-corrected chi connectivity index (χ3v) is 4.41. The van der Waals surface area contributed by atoms with Crippen molar-refractivity contribution in [3.8, 4) is 0 Å². The number of nitrogen functional groups attached to an aromatic ring is 1. The van der Waals surface area contributed by atoms with Crippen molar-refractivity contribution in [1.29, 1.82) is 0 Å². The van der Waals surface area contributed by atoms with Crippen LogP contribution in [0.2, 0.25) is 5.28 Å². The molecule has 1 aromatic heterocycles. The SMILES string of the molecule is CC(C)(C)OC(=O)N(c1ccc(Nc2nc(Cl)ncc2N)cc1)C1CCC1. The zero-order chi connectivity index (χ0) is 19.6. The van der Waals surface area contributed by atoms with Crippen molar-refractivity contribution < 1.29 is 9.53 Å². The lowest BCUT2D eigenvalue weighted by Gasteiger charge is -2.38. The lowest BCUT2D eigenvalue weighted by Crippen LogP contribution is -2.46. The number of amides is 1. The van der Waals surface area contributed by atoms with Gasteiger partial charge in [-0.25, -0.2) is 9.78 Å². The largest absolute Gasteiger partial charge is 0.443 e. The minimum absolute atomic E-state index is 0.115. The number of nitrogens with one attached hydrogen (secondary N) is 1. The molecular weight excluding hydrogens is 366 g/mol. The van der Waals surface area contributed by atoms with Gasteiger partial charge in [0.1, 0.15) is 5.60 Å². The predicted octanol–water partition coefficient (Wildman–Crippen LogP) is 4.75. The summed E-state index contributed by atoms with van der Waals surface area (Å²) in [5, 5.41) is 3.22. The van der Waals surface area contributed by atoms with E-state index in [1.807, 2.05) is 45.0 Å². The van der Waals surface area contributed by atoms with E-state index < -0.39 is 5.60 Å². The van der Waals surface area contributed by atoms with Crippen LogP contribution in [-0.4, -0.2) is 27.7 Å². The number of hydrogen-bond donors (Lipinski definition) is 2. The van der Waals surface area contributed by atoms with Crippen LogP contribution in [0.4, 0.5) is 27.7 Å². The summed E-state index contributed by atoms with van der Waals surface area (Å²) in [6.07, 6.45) is 4.22. The van der Waals surface area contributed by atoms with Crippen LogP contribution in [0.15, 0.2) is 30.5 Å². The molecule has 3 N–H and O–H groups in total. The number of rotatable bonds is 4. The highest BCUT2D eigenvalue weighted by Crippen LogP contribution is 2.32. The average Bonchev–Trinajstić information content (AvgIpc) is 2.53. The van der Waals surface area contributed by atoms with Gasteiger partial charge in [0.25, 0.3) is 0 Å². The summed E-state index contributed by atoms with van der Waals surface area (Å²) >= 11 is 5.82.